The zero-order valence-electron chi connectivity index (χ0n) is 15.8. The second kappa shape index (κ2) is 9.48. The molecule has 1 saturated carbocycles. The highest BCUT2D eigenvalue weighted by molar-refractivity contribution is 5.67. The first kappa shape index (κ1) is 20.2. The van der Waals surface area contributed by atoms with Gasteiger partial charge in [0.05, 0.1) is 6.10 Å². The van der Waals surface area contributed by atoms with Crippen LogP contribution in [-0.2, 0) is 9.47 Å². The zero-order chi connectivity index (χ0) is 17.5. The Morgan fingerprint density at radius 3 is 2.26 bits per heavy atom. The number of hydrogen-bond acceptors (Lipinski definition) is 4. The lowest BCUT2D eigenvalue weighted by atomic mass is 9.91. The van der Waals surface area contributed by atoms with Gasteiger partial charge in [-0.1, -0.05) is 13.8 Å². The van der Waals surface area contributed by atoms with Gasteiger partial charge in [-0.15, -0.1) is 0 Å². The number of carbonyl (C=O) groups is 1. The van der Waals surface area contributed by atoms with E-state index >= 15 is 0 Å². The minimum absolute atomic E-state index is 0.284. The molecule has 0 aromatic heterocycles. The molecule has 1 rings (SSSR count). The monoisotopic (exact) mass is 328 g/mol. The molecule has 23 heavy (non-hydrogen) atoms. The van der Waals surface area contributed by atoms with Crippen LogP contribution in [0.1, 0.15) is 66.7 Å². The molecular weight excluding hydrogens is 292 g/mol. The van der Waals surface area contributed by atoms with Crippen molar-refractivity contribution in [2.24, 2.45) is 5.92 Å². The van der Waals surface area contributed by atoms with E-state index < -0.39 is 5.60 Å². The van der Waals surface area contributed by atoms with E-state index in [0.29, 0.717) is 24.6 Å². The fourth-order valence-electron chi connectivity index (χ4n) is 3.10. The van der Waals surface area contributed by atoms with Crippen LogP contribution in [0.4, 0.5) is 4.79 Å². The van der Waals surface area contributed by atoms with E-state index in [-0.39, 0.29) is 12.1 Å². The molecule has 1 atom stereocenters. The molecule has 1 fully saturated rings. The first-order chi connectivity index (χ1) is 10.7. The van der Waals surface area contributed by atoms with Crippen LogP contribution in [0.15, 0.2) is 0 Å². The lowest BCUT2D eigenvalue weighted by Crippen LogP contribution is -2.48. The number of rotatable bonds is 7. The lowest BCUT2D eigenvalue weighted by molar-refractivity contribution is 0.0511. The fourth-order valence-corrected chi connectivity index (χ4v) is 3.10. The van der Waals surface area contributed by atoms with E-state index in [9.17, 15) is 4.79 Å². The molecule has 0 heterocycles. The fraction of sp³-hybridized carbons (Fsp3) is 0.944. The molecule has 1 amide bonds. The normalized spacial score (nSPS) is 23.6. The number of methoxy groups -OCH3 is 1. The summed E-state index contributed by atoms with van der Waals surface area (Å²) < 4.78 is 10.8. The molecule has 2 N–H and O–H groups in total. The van der Waals surface area contributed by atoms with Crippen molar-refractivity contribution in [3.8, 4) is 0 Å². The third-order valence-corrected chi connectivity index (χ3v) is 4.13. The third-order valence-electron chi connectivity index (χ3n) is 4.13. The van der Waals surface area contributed by atoms with Crippen LogP contribution in [0, 0.1) is 5.92 Å². The Bertz CT molecular complexity index is 345. The van der Waals surface area contributed by atoms with E-state index in [1.54, 1.807) is 7.11 Å². The third kappa shape index (κ3) is 9.16. The average Bonchev–Trinajstić information content (AvgIpc) is 2.43. The maximum absolute atomic E-state index is 11.8. The summed E-state index contributed by atoms with van der Waals surface area (Å²) in [4.78, 5) is 11.8. The molecule has 0 spiro atoms. The van der Waals surface area contributed by atoms with E-state index in [1.807, 2.05) is 20.8 Å². The number of alkyl carbamates (subject to hydrolysis) is 1. The quantitative estimate of drug-likeness (QED) is 0.751. The summed E-state index contributed by atoms with van der Waals surface area (Å²) in [7, 11) is 1.80. The van der Waals surface area contributed by atoms with Gasteiger partial charge in [-0.3, -0.25) is 0 Å². The van der Waals surface area contributed by atoms with E-state index in [4.69, 9.17) is 9.47 Å². The maximum atomic E-state index is 11.8. The molecule has 0 bridgehead atoms. The van der Waals surface area contributed by atoms with Gasteiger partial charge >= 0.3 is 6.09 Å². The Labute approximate surface area is 141 Å². The molecule has 0 aromatic rings. The van der Waals surface area contributed by atoms with Crippen molar-refractivity contribution in [3.63, 3.8) is 0 Å². The van der Waals surface area contributed by atoms with Gasteiger partial charge in [-0.05, 0) is 58.8 Å². The Morgan fingerprint density at radius 1 is 1.17 bits per heavy atom. The Kier molecular flexibility index (Phi) is 8.34. The Balaban J connectivity index is 2.42. The summed E-state index contributed by atoms with van der Waals surface area (Å²) in [5.74, 6) is 0.586. The molecule has 5 heteroatoms. The van der Waals surface area contributed by atoms with E-state index in [0.717, 1.165) is 32.1 Å². The SMILES string of the molecule is COC1CCC(NC(CNC(=O)OC(C)(C)C)CC(C)C)CC1. The van der Waals surface area contributed by atoms with Gasteiger partial charge < -0.3 is 20.1 Å². The second-order valence-corrected chi connectivity index (χ2v) is 8.09. The van der Waals surface area contributed by atoms with Crippen LogP contribution in [0.3, 0.4) is 0 Å². The molecule has 5 nitrogen and oxygen atoms in total. The number of nitrogens with one attached hydrogen (secondary N) is 2. The van der Waals surface area contributed by atoms with Gasteiger partial charge in [0.15, 0.2) is 0 Å². The average molecular weight is 328 g/mol. The van der Waals surface area contributed by atoms with Crippen molar-refractivity contribution in [2.45, 2.75) is 90.5 Å². The standard InChI is InChI=1S/C18H36N2O3/c1-13(2)11-15(12-19-17(21)23-18(3,4)5)20-14-7-9-16(22-6)10-8-14/h13-16,20H,7-12H2,1-6H3,(H,19,21). The number of ether oxygens (including phenoxy) is 2. The molecular formula is C18H36N2O3. The van der Waals surface area contributed by atoms with Crippen LogP contribution in [0.25, 0.3) is 0 Å². The highest BCUT2D eigenvalue weighted by atomic mass is 16.6. The van der Waals surface area contributed by atoms with Crippen molar-refractivity contribution in [1.82, 2.24) is 10.6 Å². The minimum Gasteiger partial charge on any atom is -0.444 e. The topological polar surface area (TPSA) is 59.6 Å². The summed E-state index contributed by atoms with van der Waals surface area (Å²) >= 11 is 0. The molecule has 0 saturated heterocycles. The van der Waals surface area contributed by atoms with Crippen molar-refractivity contribution in [2.75, 3.05) is 13.7 Å². The van der Waals surface area contributed by atoms with Crippen LogP contribution in [0.2, 0.25) is 0 Å². The lowest BCUT2D eigenvalue weighted by Gasteiger charge is -2.32. The van der Waals surface area contributed by atoms with Gasteiger partial charge in [-0.2, -0.15) is 0 Å². The second-order valence-electron chi connectivity index (χ2n) is 8.09. The summed E-state index contributed by atoms with van der Waals surface area (Å²) in [5, 5.41) is 6.63. The zero-order valence-corrected chi connectivity index (χ0v) is 15.8. The molecule has 1 aliphatic rings. The van der Waals surface area contributed by atoms with Gasteiger partial charge in [0.25, 0.3) is 0 Å². The predicted octanol–water partition coefficient (Wildman–Crippen LogP) is 3.47. The molecule has 1 aliphatic carbocycles. The summed E-state index contributed by atoms with van der Waals surface area (Å²) in [6.45, 7) is 10.7. The molecule has 136 valence electrons. The smallest absolute Gasteiger partial charge is 0.407 e. The van der Waals surface area contributed by atoms with Crippen molar-refractivity contribution in [3.05, 3.63) is 0 Å². The number of hydrogen-bond donors (Lipinski definition) is 2. The summed E-state index contributed by atoms with van der Waals surface area (Å²) in [6.07, 6.45) is 5.62. The Hall–Kier alpha value is -0.810. The van der Waals surface area contributed by atoms with E-state index in [2.05, 4.69) is 24.5 Å². The van der Waals surface area contributed by atoms with Crippen LogP contribution in [0.5, 0.6) is 0 Å². The maximum Gasteiger partial charge on any atom is 0.407 e. The Morgan fingerprint density at radius 2 is 1.78 bits per heavy atom. The van der Waals surface area contributed by atoms with Crippen molar-refractivity contribution < 1.29 is 14.3 Å². The highest BCUT2D eigenvalue weighted by Crippen LogP contribution is 2.21. The number of amides is 1. The number of carbonyl (C=O) groups excluding carboxylic acids is 1. The van der Waals surface area contributed by atoms with Crippen molar-refractivity contribution >= 4 is 6.09 Å². The van der Waals surface area contributed by atoms with E-state index in [1.165, 1.54) is 0 Å². The molecule has 0 aliphatic heterocycles. The molecule has 0 aromatic carbocycles. The summed E-state index contributed by atoms with van der Waals surface area (Å²) in [5.41, 5.74) is -0.455. The largest absolute Gasteiger partial charge is 0.444 e. The van der Waals surface area contributed by atoms with Crippen LogP contribution < -0.4 is 10.6 Å². The highest BCUT2D eigenvalue weighted by Gasteiger charge is 2.24. The summed E-state index contributed by atoms with van der Waals surface area (Å²) in [6, 6.07) is 0.803. The van der Waals surface area contributed by atoms with Gasteiger partial charge in [0.1, 0.15) is 5.60 Å². The predicted molar refractivity (Wildman–Crippen MR) is 93.7 cm³/mol. The van der Waals surface area contributed by atoms with Crippen LogP contribution >= 0.6 is 0 Å². The first-order valence-electron chi connectivity index (χ1n) is 8.95. The van der Waals surface area contributed by atoms with Crippen LogP contribution in [-0.4, -0.2) is 43.5 Å². The van der Waals surface area contributed by atoms with Gasteiger partial charge in [0.2, 0.25) is 0 Å². The first-order valence-corrected chi connectivity index (χ1v) is 8.95. The van der Waals surface area contributed by atoms with Gasteiger partial charge in [0, 0.05) is 25.7 Å². The molecule has 0 radical (unpaired) electrons. The molecule has 1 unspecified atom stereocenters. The minimum atomic E-state index is -0.455. The van der Waals surface area contributed by atoms with Crippen molar-refractivity contribution in [1.29, 1.82) is 0 Å². The van der Waals surface area contributed by atoms with Gasteiger partial charge in [-0.25, -0.2) is 4.79 Å².